The van der Waals surface area contributed by atoms with Crippen molar-refractivity contribution in [1.29, 1.82) is 5.26 Å². The highest BCUT2D eigenvalue weighted by Crippen LogP contribution is 2.83. The maximum atomic E-state index is 9.58. The summed E-state index contributed by atoms with van der Waals surface area (Å²) in [6.07, 6.45) is 1.71. The highest BCUT2D eigenvalue weighted by Gasteiger charge is 2.90. The number of ether oxygens (including phenoxy) is 1. The predicted molar refractivity (Wildman–Crippen MR) is 139 cm³/mol. The molecule has 4 unspecified atom stereocenters. The summed E-state index contributed by atoms with van der Waals surface area (Å²) < 4.78 is 5.76. The third kappa shape index (κ3) is 2.72. The van der Waals surface area contributed by atoms with Crippen molar-refractivity contribution in [3.63, 3.8) is 0 Å². The van der Waals surface area contributed by atoms with Crippen LogP contribution in [0.4, 0.5) is 0 Å². The first kappa shape index (κ1) is 21.4. The minimum atomic E-state index is -0.0597. The van der Waals surface area contributed by atoms with E-state index in [1.807, 2.05) is 12.1 Å². The topological polar surface area (TPSA) is 98.1 Å². The zero-order chi connectivity index (χ0) is 24.9. The lowest BCUT2D eigenvalue weighted by Gasteiger charge is -2.16. The van der Waals surface area contributed by atoms with Gasteiger partial charge in [0.2, 0.25) is 0 Å². The van der Waals surface area contributed by atoms with Crippen molar-refractivity contribution in [3.8, 4) is 34.3 Å². The van der Waals surface area contributed by atoms with Gasteiger partial charge in [-0.05, 0) is 41.4 Å². The monoisotopic (exact) mass is 489 g/mol. The molecule has 0 spiro atoms. The fourth-order valence-corrected chi connectivity index (χ4v) is 7.65. The van der Waals surface area contributed by atoms with Gasteiger partial charge in [0.15, 0.2) is 0 Å². The Kier molecular flexibility index (Phi) is 4.28. The smallest absolute Gasteiger partial charge is 0.147 e. The van der Waals surface area contributed by atoms with E-state index in [1.165, 1.54) is 11.1 Å². The number of pyridine rings is 1. The number of rotatable bonds is 6. The van der Waals surface area contributed by atoms with Crippen molar-refractivity contribution >= 4 is 11.0 Å². The summed E-state index contributed by atoms with van der Waals surface area (Å²) in [4.78, 5) is 7.57. The summed E-state index contributed by atoms with van der Waals surface area (Å²) in [5, 5.41) is 26.8. The molecule has 2 aromatic heterocycles. The van der Waals surface area contributed by atoms with Crippen molar-refractivity contribution in [2.75, 3.05) is 26.8 Å². The average Bonchev–Trinajstić information content (AvgIpc) is 3.50. The quantitative estimate of drug-likeness (QED) is 0.424. The summed E-state index contributed by atoms with van der Waals surface area (Å²) in [7, 11) is 1.67. The molecule has 9 rings (SSSR count). The number of fused-ring (bicyclic) bond motifs is 3. The lowest BCUT2D eigenvalue weighted by atomic mass is 9.87. The fourth-order valence-electron chi connectivity index (χ4n) is 7.65. The van der Waals surface area contributed by atoms with E-state index in [1.54, 1.807) is 7.11 Å². The number of nitriles is 1. The maximum Gasteiger partial charge on any atom is 0.147 e. The molecule has 3 aliphatic carbocycles. The van der Waals surface area contributed by atoms with Gasteiger partial charge in [-0.3, -0.25) is 10.00 Å². The van der Waals surface area contributed by atoms with Crippen LogP contribution in [0.15, 0.2) is 48.5 Å². The van der Waals surface area contributed by atoms with Gasteiger partial charge >= 0.3 is 0 Å². The summed E-state index contributed by atoms with van der Waals surface area (Å²) >= 11 is 0. The maximum absolute atomic E-state index is 9.58. The Morgan fingerprint density at radius 2 is 2.03 bits per heavy atom. The van der Waals surface area contributed by atoms with Crippen LogP contribution in [0, 0.1) is 23.2 Å². The van der Waals surface area contributed by atoms with Gasteiger partial charge in [0.1, 0.15) is 22.7 Å². The van der Waals surface area contributed by atoms with E-state index in [0.29, 0.717) is 17.2 Å². The normalized spacial score (nSPS) is 28.7. The molecule has 4 aromatic rings. The van der Waals surface area contributed by atoms with Crippen molar-refractivity contribution in [2.24, 2.45) is 11.8 Å². The van der Waals surface area contributed by atoms with Crippen molar-refractivity contribution in [1.82, 2.24) is 20.1 Å². The van der Waals surface area contributed by atoms with Gasteiger partial charge in [-0.25, -0.2) is 4.98 Å². The standard InChI is InChI=1S/C30H27N5O2/c1-37-23-13-22-28(32-27(23)21-4-2-3-19-17(14-31)7-10-20(19)21)26(34-33-22)16-5-8-18(9-6-16)30-15-35(11-12-36)29-24(30)25(29)30/h2-6,8-9,13,17,24-25,29,36H,7,10-12,15H2,1H3,(H,33,34)/t17?,24-,25?,29?,30?/m1/s1. The van der Waals surface area contributed by atoms with Crippen LogP contribution in [-0.2, 0) is 11.8 Å². The van der Waals surface area contributed by atoms with Crippen LogP contribution in [0.2, 0.25) is 0 Å². The van der Waals surface area contributed by atoms with E-state index in [0.717, 1.165) is 76.9 Å². The van der Waals surface area contributed by atoms with Crippen LogP contribution in [0.25, 0.3) is 33.5 Å². The minimum absolute atomic E-state index is 0.0597. The van der Waals surface area contributed by atoms with E-state index in [4.69, 9.17) is 9.72 Å². The Labute approximate surface area is 214 Å². The van der Waals surface area contributed by atoms with Gasteiger partial charge in [0.25, 0.3) is 0 Å². The second-order valence-corrected chi connectivity index (χ2v) is 11.0. The molecule has 2 N–H and O–H groups in total. The van der Waals surface area contributed by atoms with Gasteiger partial charge in [0.05, 0.1) is 31.2 Å². The number of aliphatic hydroxyl groups is 1. The lowest BCUT2D eigenvalue weighted by Crippen LogP contribution is -2.25. The number of nitrogens with one attached hydrogen (secondary N) is 1. The Morgan fingerprint density at radius 1 is 1.19 bits per heavy atom. The Morgan fingerprint density at radius 3 is 2.78 bits per heavy atom. The van der Waals surface area contributed by atoms with Crippen molar-refractivity contribution in [2.45, 2.75) is 30.2 Å². The Bertz CT molecular complexity index is 1610. The zero-order valence-electron chi connectivity index (χ0n) is 20.6. The van der Waals surface area contributed by atoms with E-state index in [2.05, 4.69) is 57.6 Å². The molecule has 7 heteroatoms. The third-order valence-electron chi connectivity index (χ3n) is 9.43. The molecule has 37 heavy (non-hydrogen) atoms. The lowest BCUT2D eigenvalue weighted by molar-refractivity contribution is 0.214. The molecular formula is C30H27N5O2. The number of H-pyrrole nitrogens is 1. The molecule has 4 fully saturated rings. The van der Waals surface area contributed by atoms with Crippen molar-refractivity contribution < 1.29 is 9.84 Å². The summed E-state index contributed by atoms with van der Waals surface area (Å²) in [6, 6.07) is 20.1. The first-order valence-corrected chi connectivity index (χ1v) is 13.1. The molecule has 5 aliphatic rings. The molecule has 2 aromatic carbocycles. The highest BCUT2D eigenvalue weighted by atomic mass is 16.5. The number of hydrogen-bond donors (Lipinski definition) is 2. The van der Waals surface area contributed by atoms with Crippen LogP contribution >= 0.6 is 0 Å². The predicted octanol–water partition coefficient (Wildman–Crippen LogP) is 4.03. The zero-order valence-corrected chi connectivity index (χ0v) is 20.6. The molecule has 7 nitrogen and oxygen atoms in total. The number of aliphatic hydroxyl groups excluding tert-OH is 1. The van der Waals surface area contributed by atoms with Gasteiger partial charge < -0.3 is 9.84 Å². The first-order chi connectivity index (χ1) is 18.2. The molecule has 0 radical (unpaired) electrons. The summed E-state index contributed by atoms with van der Waals surface area (Å²) in [6.45, 7) is 2.09. The van der Waals surface area contributed by atoms with Crippen molar-refractivity contribution in [3.05, 3.63) is 65.2 Å². The Hall–Kier alpha value is -3.73. The summed E-state index contributed by atoms with van der Waals surface area (Å²) in [5.74, 6) is 2.19. The van der Waals surface area contributed by atoms with Gasteiger partial charge in [-0.2, -0.15) is 10.4 Å². The molecule has 2 aliphatic heterocycles. The number of nitrogens with zero attached hydrogens (tertiary/aromatic N) is 4. The SMILES string of the molecule is COc1cc2[nH]nc(-c3ccc(C45CN(CCO)C6C4[C@H]65)cc3)c2nc1-c1cccc2c1CCC2C#N. The molecule has 2 bridgehead atoms. The van der Waals surface area contributed by atoms with Gasteiger partial charge in [0, 0.05) is 41.7 Å². The van der Waals surface area contributed by atoms with E-state index < -0.39 is 0 Å². The molecule has 5 atom stereocenters. The average molecular weight is 490 g/mol. The fraction of sp³-hybridized carbons (Fsp3) is 0.367. The van der Waals surface area contributed by atoms with Gasteiger partial charge in [-0.1, -0.05) is 42.5 Å². The van der Waals surface area contributed by atoms with Gasteiger partial charge in [-0.15, -0.1) is 0 Å². The van der Waals surface area contributed by atoms with Crippen LogP contribution in [0.5, 0.6) is 5.75 Å². The second-order valence-electron chi connectivity index (χ2n) is 11.0. The molecule has 4 heterocycles. The molecular weight excluding hydrogens is 462 g/mol. The summed E-state index contributed by atoms with van der Waals surface area (Å²) in [5.41, 5.74) is 9.36. The molecule has 2 saturated carbocycles. The van der Waals surface area contributed by atoms with Crippen LogP contribution < -0.4 is 4.74 Å². The largest absolute Gasteiger partial charge is 0.494 e. The number of piperidine rings is 1. The number of aromatic nitrogens is 3. The minimum Gasteiger partial charge on any atom is -0.494 e. The number of aromatic amines is 1. The molecule has 2 saturated heterocycles. The number of benzene rings is 2. The van der Waals surface area contributed by atoms with E-state index >= 15 is 0 Å². The van der Waals surface area contributed by atoms with E-state index in [9.17, 15) is 10.4 Å². The first-order valence-electron chi connectivity index (χ1n) is 13.1. The Balaban J connectivity index is 1.17. The van der Waals surface area contributed by atoms with Crippen LogP contribution in [0.3, 0.4) is 0 Å². The van der Waals surface area contributed by atoms with Crippen LogP contribution in [0.1, 0.15) is 29.0 Å². The third-order valence-corrected chi connectivity index (χ3v) is 9.43. The highest BCUT2D eigenvalue weighted by molar-refractivity contribution is 5.93. The molecule has 0 amide bonds. The molecule has 184 valence electrons. The van der Waals surface area contributed by atoms with Crippen LogP contribution in [-0.4, -0.2) is 58.0 Å². The second kappa shape index (κ2) is 7.41. The van der Waals surface area contributed by atoms with E-state index in [-0.39, 0.29) is 12.5 Å². The number of hydrogen-bond acceptors (Lipinski definition) is 6. The number of methoxy groups -OCH3 is 1.